The third kappa shape index (κ3) is 2.17. The Labute approximate surface area is 110 Å². The fourth-order valence-electron chi connectivity index (χ4n) is 2.06. The van der Waals surface area contributed by atoms with Crippen molar-refractivity contribution >= 4 is 22.7 Å². The van der Waals surface area contributed by atoms with Crippen molar-refractivity contribution in [2.24, 2.45) is 0 Å². The molecule has 1 aromatic heterocycles. The summed E-state index contributed by atoms with van der Waals surface area (Å²) in [6.45, 7) is 7.45. The van der Waals surface area contributed by atoms with Gasteiger partial charge in [-0.25, -0.2) is 4.79 Å². The molecule has 98 valence electrons. The van der Waals surface area contributed by atoms with Crippen LogP contribution in [0.3, 0.4) is 0 Å². The van der Waals surface area contributed by atoms with Gasteiger partial charge in [-0.1, -0.05) is 13.5 Å². The number of fused-ring (bicyclic) bond motifs is 1. The highest BCUT2D eigenvalue weighted by atomic mass is 16.4. The zero-order valence-electron chi connectivity index (χ0n) is 10.9. The molecule has 0 aliphatic rings. The molecule has 4 heteroatoms. The van der Waals surface area contributed by atoms with Gasteiger partial charge < -0.3 is 10.1 Å². The number of Topliss-reactive ketones (excluding diaryl/α,β-unsaturated/α-hetero) is 1. The van der Waals surface area contributed by atoms with Gasteiger partial charge in [0.25, 0.3) is 0 Å². The van der Waals surface area contributed by atoms with Crippen LogP contribution in [0.5, 0.6) is 0 Å². The highest BCUT2D eigenvalue weighted by Crippen LogP contribution is 2.25. The molecule has 0 saturated carbocycles. The second-order valence-corrected chi connectivity index (χ2v) is 4.47. The van der Waals surface area contributed by atoms with Gasteiger partial charge in [0.1, 0.15) is 5.69 Å². The molecule has 0 aliphatic heterocycles. The predicted octanol–water partition coefficient (Wildman–Crippen LogP) is 3.32. The number of carbonyl (C=O) groups is 2. The molecule has 0 fully saturated rings. The average molecular weight is 257 g/mol. The molecule has 2 aromatic rings. The molecule has 1 heterocycles. The topological polar surface area (TPSA) is 70.2 Å². The molecule has 0 saturated heterocycles. The standard InChI is InChI=1S/C15H15NO3/c1-4-8(2)14(17)10-5-6-12-11(9(10)3)7-13(16-12)15(18)19/h5-7,16H,2,4H2,1,3H3,(H,18,19). The van der Waals surface area contributed by atoms with E-state index >= 15 is 0 Å². The third-order valence-electron chi connectivity index (χ3n) is 3.30. The van der Waals surface area contributed by atoms with Gasteiger partial charge in [0.2, 0.25) is 0 Å². The molecule has 2 N–H and O–H groups in total. The second-order valence-electron chi connectivity index (χ2n) is 4.47. The zero-order valence-corrected chi connectivity index (χ0v) is 10.9. The summed E-state index contributed by atoms with van der Waals surface area (Å²) >= 11 is 0. The van der Waals surface area contributed by atoms with Crippen molar-refractivity contribution in [1.29, 1.82) is 0 Å². The number of aromatic nitrogens is 1. The summed E-state index contributed by atoms with van der Waals surface area (Å²) < 4.78 is 0. The van der Waals surface area contributed by atoms with Crippen molar-refractivity contribution < 1.29 is 14.7 Å². The highest BCUT2D eigenvalue weighted by molar-refractivity contribution is 6.11. The number of hydrogen-bond acceptors (Lipinski definition) is 2. The number of hydrogen-bond donors (Lipinski definition) is 2. The number of aromatic carboxylic acids is 1. The van der Waals surface area contributed by atoms with Crippen molar-refractivity contribution in [3.8, 4) is 0 Å². The summed E-state index contributed by atoms with van der Waals surface area (Å²) in [7, 11) is 0. The number of carboxylic acid groups (broad SMARTS) is 1. The predicted molar refractivity (Wildman–Crippen MR) is 73.8 cm³/mol. The number of rotatable bonds is 4. The van der Waals surface area contributed by atoms with Gasteiger partial charge in [0.15, 0.2) is 5.78 Å². The largest absolute Gasteiger partial charge is 0.477 e. The fraction of sp³-hybridized carbons (Fsp3) is 0.200. The molecule has 0 atom stereocenters. The summed E-state index contributed by atoms with van der Waals surface area (Å²) in [6, 6.07) is 4.99. The number of carbonyl (C=O) groups excluding carboxylic acids is 1. The van der Waals surface area contributed by atoms with E-state index in [0.29, 0.717) is 23.1 Å². The van der Waals surface area contributed by atoms with E-state index in [-0.39, 0.29) is 11.5 Å². The number of H-pyrrole nitrogens is 1. The lowest BCUT2D eigenvalue weighted by atomic mass is 9.96. The van der Waals surface area contributed by atoms with Gasteiger partial charge in [-0.15, -0.1) is 0 Å². The van der Waals surface area contributed by atoms with Crippen LogP contribution in [-0.2, 0) is 0 Å². The van der Waals surface area contributed by atoms with Gasteiger partial charge in [-0.05, 0) is 42.7 Å². The minimum Gasteiger partial charge on any atom is -0.477 e. The van der Waals surface area contributed by atoms with Gasteiger partial charge in [-0.3, -0.25) is 4.79 Å². The average Bonchev–Trinajstić information content (AvgIpc) is 2.82. The van der Waals surface area contributed by atoms with E-state index < -0.39 is 5.97 Å². The van der Waals surface area contributed by atoms with Crippen LogP contribution in [0.1, 0.15) is 39.8 Å². The molecule has 0 bridgehead atoms. The van der Waals surface area contributed by atoms with Gasteiger partial charge in [-0.2, -0.15) is 0 Å². The SMILES string of the molecule is C=C(CC)C(=O)c1ccc2[nH]c(C(=O)O)cc2c1C. The maximum Gasteiger partial charge on any atom is 0.352 e. The van der Waals surface area contributed by atoms with E-state index in [4.69, 9.17) is 5.11 Å². The summed E-state index contributed by atoms with van der Waals surface area (Å²) in [5.74, 6) is -1.10. The first-order valence-electron chi connectivity index (χ1n) is 6.03. The van der Waals surface area contributed by atoms with Crippen molar-refractivity contribution in [2.75, 3.05) is 0 Å². The molecule has 2 rings (SSSR count). The number of allylic oxidation sites excluding steroid dienone is 1. The Morgan fingerprint density at radius 3 is 2.63 bits per heavy atom. The van der Waals surface area contributed by atoms with Gasteiger partial charge >= 0.3 is 5.97 Å². The van der Waals surface area contributed by atoms with Crippen LogP contribution in [0, 0.1) is 6.92 Å². The Morgan fingerprint density at radius 1 is 1.37 bits per heavy atom. The Kier molecular flexibility index (Phi) is 3.25. The summed E-state index contributed by atoms with van der Waals surface area (Å²) in [6.07, 6.45) is 0.601. The Balaban J connectivity index is 2.60. The van der Waals surface area contributed by atoms with E-state index in [1.165, 1.54) is 0 Å². The first-order valence-corrected chi connectivity index (χ1v) is 6.03. The number of benzene rings is 1. The van der Waals surface area contributed by atoms with Crippen LogP contribution in [0.25, 0.3) is 10.9 Å². The van der Waals surface area contributed by atoms with Crippen LogP contribution in [0.4, 0.5) is 0 Å². The van der Waals surface area contributed by atoms with Crippen LogP contribution in [-0.4, -0.2) is 21.8 Å². The third-order valence-corrected chi connectivity index (χ3v) is 3.30. The quantitative estimate of drug-likeness (QED) is 0.652. The van der Waals surface area contributed by atoms with Crippen molar-refractivity contribution in [3.63, 3.8) is 0 Å². The summed E-state index contributed by atoms with van der Waals surface area (Å²) in [5.41, 5.74) is 2.75. The molecule has 0 spiro atoms. The number of aryl methyl sites for hydroxylation is 1. The van der Waals surface area contributed by atoms with Gasteiger partial charge in [0, 0.05) is 16.5 Å². The molecule has 4 nitrogen and oxygen atoms in total. The Hall–Kier alpha value is -2.36. The normalized spacial score (nSPS) is 10.6. The summed E-state index contributed by atoms with van der Waals surface area (Å²) in [4.78, 5) is 25.9. The molecule has 0 unspecified atom stereocenters. The van der Waals surface area contributed by atoms with Crippen LogP contribution in [0.15, 0.2) is 30.4 Å². The van der Waals surface area contributed by atoms with E-state index in [1.54, 1.807) is 18.2 Å². The zero-order chi connectivity index (χ0) is 14.2. The lowest BCUT2D eigenvalue weighted by molar-refractivity contribution is 0.0691. The van der Waals surface area contributed by atoms with Crippen LogP contribution < -0.4 is 0 Å². The minimum absolute atomic E-state index is 0.0834. The highest BCUT2D eigenvalue weighted by Gasteiger charge is 2.16. The van der Waals surface area contributed by atoms with E-state index in [1.807, 2.05) is 13.8 Å². The van der Waals surface area contributed by atoms with E-state index in [9.17, 15) is 9.59 Å². The maximum atomic E-state index is 12.2. The molecule has 0 amide bonds. The molecule has 1 aromatic carbocycles. The smallest absolute Gasteiger partial charge is 0.352 e. The lowest BCUT2D eigenvalue weighted by Gasteiger charge is -2.07. The number of nitrogens with one attached hydrogen (secondary N) is 1. The molecular formula is C15H15NO3. The second kappa shape index (κ2) is 4.72. The first kappa shape index (κ1) is 13.1. The molecular weight excluding hydrogens is 242 g/mol. The molecule has 0 aliphatic carbocycles. The minimum atomic E-state index is -1.01. The number of aromatic amines is 1. The van der Waals surface area contributed by atoms with Crippen molar-refractivity contribution in [2.45, 2.75) is 20.3 Å². The van der Waals surface area contributed by atoms with Gasteiger partial charge in [0.05, 0.1) is 0 Å². The monoisotopic (exact) mass is 257 g/mol. The number of ketones is 1. The van der Waals surface area contributed by atoms with E-state index in [0.717, 1.165) is 10.9 Å². The first-order chi connectivity index (χ1) is 8.95. The van der Waals surface area contributed by atoms with Crippen LogP contribution >= 0.6 is 0 Å². The van der Waals surface area contributed by atoms with Crippen LogP contribution in [0.2, 0.25) is 0 Å². The fourth-order valence-corrected chi connectivity index (χ4v) is 2.06. The number of carboxylic acids is 1. The Bertz CT molecular complexity index is 695. The maximum absolute atomic E-state index is 12.2. The summed E-state index contributed by atoms with van der Waals surface area (Å²) in [5, 5.41) is 9.73. The molecule has 0 radical (unpaired) electrons. The molecule has 19 heavy (non-hydrogen) atoms. The van der Waals surface area contributed by atoms with Crippen molar-refractivity contribution in [1.82, 2.24) is 4.98 Å². The Morgan fingerprint density at radius 2 is 2.05 bits per heavy atom. The lowest BCUT2D eigenvalue weighted by Crippen LogP contribution is -2.04. The van der Waals surface area contributed by atoms with Crippen molar-refractivity contribution in [3.05, 3.63) is 47.2 Å². The van der Waals surface area contributed by atoms with E-state index in [2.05, 4.69) is 11.6 Å².